The van der Waals surface area contributed by atoms with Crippen molar-refractivity contribution in [1.29, 1.82) is 0 Å². The number of hydrogen-bond donors (Lipinski definition) is 2. The molecular weight excluding hydrogens is 358 g/mol. The summed E-state index contributed by atoms with van der Waals surface area (Å²) in [5.74, 6) is -0.327. The van der Waals surface area contributed by atoms with Crippen LogP contribution >= 0.6 is 11.3 Å². The van der Waals surface area contributed by atoms with Crippen molar-refractivity contribution in [2.24, 2.45) is 0 Å². The number of amides is 1. The van der Waals surface area contributed by atoms with Gasteiger partial charge < -0.3 is 10.6 Å². The van der Waals surface area contributed by atoms with Gasteiger partial charge in [0.15, 0.2) is 0 Å². The van der Waals surface area contributed by atoms with Crippen LogP contribution in [-0.2, 0) is 14.8 Å². The Morgan fingerprint density at radius 2 is 2.00 bits per heavy atom. The highest BCUT2D eigenvalue weighted by Gasteiger charge is 2.19. The van der Waals surface area contributed by atoms with E-state index in [2.05, 4.69) is 10.6 Å². The van der Waals surface area contributed by atoms with Crippen molar-refractivity contribution in [3.63, 3.8) is 0 Å². The number of thiophene rings is 1. The molecule has 0 fully saturated rings. The molecule has 25 heavy (non-hydrogen) atoms. The molecule has 0 bridgehead atoms. The molecule has 0 aliphatic heterocycles. The third-order valence-electron chi connectivity index (χ3n) is 3.34. The van der Waals surface area contributed by atoms with Gasteiger partial charge in [0.1, 0.15) is 0 Å². The number of carbonyl (C=O) groups excluding carboxylic acids is 1. The topological polar surface area (TPSA) is 78.5 Å². The Labute approximate surface area is 152 Å². The van der Waals surface area contributed by atoms with Gasteiger partial charge in [0, 0.05) is 31.6 Å². The molecule has 1 heterocycles. The standard InChI is InChI=1S/C17H21N3O3S2/c1-4-18-15-9-8-14(25(22,23)20(2)3)12-16(15)19-17(21)10-7-13-6-5-11-24-13/h5-12,18H,4H2,1-3H3,(H,19,21)/b10-7-. The van der Waals surface area contributed by atoms with Crippen molar-refractivity contribution in [2.45, 2.75) is 11.8 Å². The van der Waals surface area contributed by atoms with Crippen molar-refractivity contribution < 1.29 is 13.2 Å². The van der Waals surface area contributed by atoms with E-state index < -0.39 is 10.0 Å². The second kappa shape index (κ2) is 8.28. The Balaban J connectivity index is 2.28. The predicted molar refractivity (Wildman–Crippen MR) is 103 cm³/mol. The van der Waals surface area contributed by atoms with Gasteiger partial charge in [-0.3, -0.25) is 4.79 Å². The molecule has 0 spiro atoms. The summed E-state index contributed by atoms with van der Waals surface area (Å²) in [7, 11) is -0.641. The van der Waals surface area contributed by atoms with E-state index in [1.807, 2.05) is 24.4 Å². The molecule has 2 rings (SSSR count). The molecule has 0 aliphatic carbocycles. The molecule has 0 radical (unpaired) electrons. The Hall–Kier alpha value is -2.16. The van der Waals surface area contributed by atoms with Gasteiger partial charge in [0.05, 0.1) is 16.3 Å². The minimum Gasteiger partial charge on any atom is -0.384 e. The van der Waals surface area contributed by atoms with Crippen LogP contribution in [0.3, 0.4) is 0 Å². The third kappa shape index (κ3) is 4.91. The van der Waals surface area contributed by atoms with Gasteiger partial charge in [-0.05, 0) is 42.6 Å². The Kier molecular flexibility index (Phi) is 6.35. The van der Waals surface area contributed by atoms with Crippen LogP contribution in [0, 0.1) is 0 Å². The molecule has 1 aromatic heterocycles. The highest BCUT2D eigenvalue weighted by Crippen LogP contribution is 2.26. The molecule has 6 nitrogen and oxygen atoms in total. The summed E-state index contributed by atoms with van der Waals surface area (Å²) in [5, 5.41) is 7.78. The number of carbonyl (C=O) groups is 1. The molecule has 8 heteroatoms. The second-order valence-electron chi connectivity index (χ2n) is 5.36. The lowest BCUT2D eigenvalue weighted by Gasteiger charge is -2.16. The van der Waals surface area contributed by atoms with E-state index in [0.29, 0.717) is 17.9 Å². The number of sulfonamides is 1. The van der Waals surface area contributed by atoms with Crippen molar-refractivity contribution in [2.75, 3.05) is 31.3 Å². The van der Waals surface area contributed by atoms with E-state index in [1.165, 1.54) is 43.6 Å². The summed E-state index contributed by atoms with van der Waals surface area (Å²) < 4.78 is 25.7. The van der Waals surface area contributed by atoms with E-state index >= 15 is 0 Å². The highest BCUT2D eigenvalue weighted by atomic mass is 32.2. The SMILES string of the molecule is CCNc1ccc(S(=O)(=O)N(C)C)cc1NC(=O)/C=C\c1cccs1. The summed E-state index contributed by atoms with van der Waals surface area (Å²) >= 11 is 1.53. The Morgan fingerprint density at radius 1 is 1.24 bits per heavy atom. The summed E-state index contributed by atoms with van der Waals surface area (Å²) in [6, 6.07) is 8.44. The normalized spacial score (nSPS) is 11.8. The molecule has 0 saturated heterocycles. The smallest absolute Gasteiger partial charge is 0.248 e. The highest BCUT2D eigenvalue weighted by molar-refractivity contribution is 7.89. The number of nitrogens with zero attached hydrogens (tertiary/aromatic N) is 1. The minimum absolute atomic E-state index is 0.122. The Bertz CT molecular complexity index is 857. The zero-order valence-corrected chi connectivity index (χ0v) is 15.9. The van der Waals surface area contributed by atoms with Crippen molar-refractivity contribution in [3.05, 3.63) is 46.7 Å². The second-order valence-corrected chi connectivity index (χ2v) is 8.49. The van der Waals surface area contributed by atoms with Crippen molar-refractivity contribution >= 4 is 44.7 Å². The van der Waals surface area contributed by atoms with Gasteiger partial charge in [-0.15, -0.1) is 11.3 Å². The largest absolute Gasteiger partial charge is 0.384 e. The van der Waals surface area contributed by atoms with Crippen LogP contribution in [0.5, 0.6) is 0 Å². The molecule has 0 aliphatic rings. The monoisotopic (exact) mass is 379 g/mol. The first-order valence-electron chi connectivity index (χ1n) is 7.67. The minimum atomic E-state index is -3.58. The third-order valence-corrected chi connectivity index (χ3v) is 5.99. The van der Waals surface area contributed by atoms with E-state index in [0.717, 1.165) is 9.18 Å². The average molecular weight is 380 g/mol. The number of nitrogens with one attached hydrogen (secondary N) is 2. The van der Waals surface area contributed by atoms with Crippen LogP contribution in [0.15, 0.2) is 46.7 Å². The van der Waals surface area contributed by atoms with Gasteiger partial charge in [-0.25, -0.2) is 12.7 Å². The molecule has 0 saturated carbocycles. The molecular formula is C17H21N3O3S2. The molecule has 1 aromatic carbocycles. The summed E-state index contributed by atoms with van der Waals surface area (Å²) in [6.07, 6.45) is 3.14. The maximum atomic E-state index is 12.3. The predicted octanol–water partition coefficient (Wildman–Crippen LogP) is 3.08. The summed E-state index contributed by atoms with van der Waals surface area (Å²) in [5.41, 5.74) is 1.09. The zero-order valence-electron chi connectivity index (χ0n) is 14.3. The van der Waals surface area contributed by atoms with E-state index in [9.17, 15) is 13.2 Å². The fourth-order valence-electron chi connectivity index (χ4n) is 2.06. The van der Waals surface area contributed by atoms with Crippen molar-refractivity contribution in [3.8, 4) is 0 Å². The van der Waals surface area contributed by atoms with Crippen LogP contribution in [0.4, 0.5) is 11.4 Å². The average Bonchev–Trinajstić information content (AvgIpc) is 3.08. The lowest BCUT2D eigenvalue weighted by atomic mass is 10.2. The lowest BCUT2D eigenvalue weighted by Crippen LogP contribution is -2.22. The molecule has 2 aromatic rings. The van der Waals surface area contributed by atoms with Crippen LogP contribution in [0.25, 0.3) is 6.08 Å². The van der Waals surface area contributed by atoms with E-state index in [-0.39, 0.29) is 10.8 Å². The van der Waals surface area contributed by atoms with Gasteiger partial charge >= 0.3 is 0 Å². The summed E-state index contributed by atoms with van der Waals surface area (Å²) in [4.78, 5) is 13.3. The first-order chi connectivity index (χ1) is 11.8. The van der Waals surface area contributed by atoms with Gasteiger partial charge in [0.2, 0.25) is 15.9 Å². The zero-order chi connectivity index (χ0) is 18.4. The first-order valence-corrected chi connectivity index (χ1v) is 9.99. The van der Waals surface area contributed by atoms with Crippen LogP contribution in [-0.4, -0.2) is 39.3 Å². The Morgan fingerprint density at radius 3 is 2.60 bits per heavy atom. The van der Waals surface area contributed by atoms with Crippen molar-refractivity contribution in [1.82, 2.24) is 4.31 Å². The number of anilines is 2. The molecule has 1 amide bonds. The first kappa shape index (κ1) is 19.2. The van der Waals surface area contributed by atoms with E-state index in [4.69, 9.17) is 0 Å². The number of benzene rings is 1. The number of hydrogen-bond acceptors (Lipinski definition) is 5. The fraction of sp³-hybridized carbons (Fsp3) is 0.235. The lowest BCUT2D eigenvalue weighted by molar-refractivity contribution is -0.111. The number of rotatable bonds is 7. The summed E-state index contributed by atoms with van der Waals surface area (Å²) in [6.45, 7) is 2.57. The molecule has 0 atom stereocenters. The van der Waals surface area contributed by atoms with Crippen LogP contribution in [0.1, 0.15) is 11.8 Å². The van der Waals surface area contributed by atoms with Gasteiger partial charge in [-0.1, -0.05) is 6.07 Å². The maximum Gasteiger partial charge on any atom is 0.248 e. The maximum absolute atomic E-state index is 12.3. The molecule has 2 N–H and O–H groups in total. The fourth-order valence-corrected chi connectivity index (χ4v) is 3.61. The van der Waals surface area contributed by atoms with Gasteiger partial charge in [-0.2, -0.15) is 0 Å². The molecule has 134 valence electrons. The quantitative estimate of drug-likeness (QED) is 0.725. The van der Waals surface area contributed by atoms with Crippen LogP contribution < -0.4 is 10.6 Å². The molecule has 0 unspecified atom stereocenters. The van der Waals surface area contributed by atoms with E-state index in [1.54, 1.807) is 12.1 Å². The van der Waals surface area contributed by atoms with Crippen LogP contribution in [0.2, 0.25) is 0 Å². The van der Waals surface area contributed by atoms with Gasteiger partial charge in [0.25, 0.3) is 0 Å².